The summed E-state index contributed by atoms with van der Waals surface area (Å²) in [5.41, 5.74) is 8.13. The van der Waals surface area contributed by atoms with Gasteiger partial charge in [-0.25, -0.2) is 0 Å². The maximum atomic E-state index is 11.5. The summed E-state index contributed by atoms with van der Waals surface area (Å²) in [4.78, 5) is 11.5. The molecular weight excluding hydrogens is 238 g/mol. The van der Waals surface area contributed by atoms with E-state index >= 15 is 0 Å². The van der Waals surface area contributed by atoms with Crippen molar-refractivity contribution in [1.82, 2.24) is 0 Å². The van der Waals surface area contributed by atoms with Crippen molar-refractivity contribution in [2.75, 3.05) is 6.61 Å². The number of amides is 1. The van der Waals surface area contributed by atoms with Crippen LogP contribution in [0.4, 0.5) is 0 Å². The molecule has 1 aromatic rings. The van der Waals surface area contributed by atoms with Gasteiger partial charge in [-0.15, -0.1) is 0 Å². The van der Waals surface area contributed by atoms with Crippen LogP contribution in [0.3, 0.4) is 0 Å². The minimum Gasteiger partial charge on any atom is -0.493 e. The number of hydrogen-bond donors (Lipinski definition) is 1. The minimum atomic E-state index is -0.228. The molecule has 2 fully saturated rings. The number of rotatable bonds is 3. The van der Waals surface area contributed by atoms with Crippen molar-refractivity contribution < 1.29 is 9.53 Å². The minimum absolute atomic E-state index is 0.121. The van der Waals surface area contributed by atoms with Gasteiger partial charge in [0.05, 0.1) is 6.61 Å². The Morgan fingerprint density at radius 2 is 2.32 bits per heavy atom. The number of fused-ring (bicyclic) bond motifs is 1. The lowest BCUT2D eigenvalue weighted by atomic mass is 9.97. The normalized spacial score (nSPS) is 38.5. The van der Waals surface area contributed by atoms with E-state index in [1.807, 2.05) is 6.92 Å². The molecule has 4 rings (SSSR count). The van der Waals surface area contributed by atoms with Gasteiger partial charge in [0.25, 0.3) is 0 Å². The molecule has 1 amide bonds. The van der Waals surface area contributed by atoms with Crippen LogP contribution in [-0.4, -0.2) is 12.5 Å². The summed E-state index contributed by atoms with van der Waals surface area (Å²) in [6, 6.07) is 6.39. The Kier molecular flexibility index (Phi) is 2.10. The standard InChI is InChI=1S/C16H19NO2/c1-16(15(17)18)8-13(16)12-7-11(12)9-3-2-4-14-10(9)5-6-19-14/h2-4,11-13H,5-8H2,1H3,(H2,17,18). The maximum absolute atomic E-state index is 11.5. The average molecular weight is 257 g/mol. The van der Waals surface area contributed by atoms with Gasteiger partial charge in [-0.3, -0.25) is 4.79 Å². The molecule has 0 bridgehead atoms. The van der Waals surface area contributed by atoms with Gasteiger partial charge >= 0.3 is 0 Å². The fraction of sp³-hybridized carbons (Fsp3) is 0.562. The van der Waals surface area contributed by atoms with E-state index in [0.717, 1.165) is 25.2 Å². The number of carbonyl (C=O) groups excluding carboxylic acids is 1. The number of ether oxygens (including phenoxy) is 1. The lowest BCUT2D eigenvalue weighted by Crippen LogP contribution is -2.24. The van der Waals surface area contributed by atoms with Crippen LogP contribution in [0.5, 0.6) is 5.75 Å². The molecule has 3 nitrogen and oxygen atoms in total. The highest BCUT2D eigenvalue weighted by Gasteiger charge is 2.64. The van der Waals surface area contributed by atoms with Crippen LogP contribution in [0, 0.1) is 17.3 Å². The third-order valence-electron chi connectivity index (χ3n) is 5.40. The second-order valence-electron chi connectivity index (χ2n) is 6.52. The summed E-state index contributed by atoms with van der Waals surface area (Å²) in [5.74, 6) is 2.74. The van der Waals surface area contributed by atoms with Gasteiger partial charge in [-0.1, -0.05) is 19.1 Å². The Balaban J connectivity index is 1.55. The summed E-state index contributed by atoms with van der Waals surface area (Å²) in [6.07, 6.45) is 3.23. The monoisotopic (exact) mass is 257 g/mol. The molecule has 0 radical (unpaired) electrons. The molecule has 2 N–H and O–H groups in total. The molecule has 2 aliphatic carbocycles. The fourth-order valence-corrected chi connectivity index (χ4v) is 3.92. The molecule has 1 heterocycles. The van der Waals surface area contributed by atoms with E-state index in [4.69, 9.17) is 10.5 Å². The van der Waals surface area contributed by atoms with E-state index in [-0.39, 0.29) is 11.3 Å². The fourth-order valence-electron chi connectivity index (χ4n) is 3.92. The van der Waals surface area contributed by atoms with Crippen LogP contribution in [-0.2, 0) is 11.2 Å². The van der Waals surface area contributed by atoms with E-state index in [2.05, 4.69) is 18.2 Å². The van der Waals surface area contributed by atoms with E-state index in [1.54, 1.807) is 0 Å². The Morgan fingerprint density at radius 3 is 3.05 bits per heavy atom. The number of benzene rings is 1. The number of hydrogen-bond acceptors (Lipinski definition) is 2. The topological polar surface area (TPSA) is 52.3 Å². The molecule has 4 unspecified atom stereocenters. The SMILES string of the molecule is CC1(C(N)=O)CC1C1CC1c1cccc2c1CCO2. The van der Waals surface area contributed by atoms with Gasteiger partial charge < -0.3 is 10.5 Å². The van der Waals surface area contributed by atoms with Crippen LogP contribution >= 0.6 is 0 Å². The van der Waals surface area contributed by atoms with Gasteiger partial charge in [-0.05, 0) is 42.2 Å². The van der Waals surface area contributed by atoms with Gasteiger partial charge in [0.15, 0.2) is 0 Å². The first-order valence-electron chi connectivity index (χ1n) is 7.16. The maximum Gasteiger partial charge on any atom is 0.223 e. The van der Waals surface area contributed by atoms with Crippen LogP contribution < -0.4 is 10.5 Å². The first-order valence-corrected chi connectivity index (χ1v) is 7.16. The van der Waals surface area contributed by atoms with Gasteiger partial charge in [0.2, 0.25) is 5.91 Å². The second kappa shape index (κ2) is 3.53. The third-order valence-corrected chi connectivity index (χ3v) is 5.40. The molecule has 0 saturated heterocycles. The molecule has 3 heteroatoms. The van der Waals surface area contributed by atoms with Crippen molar-refractivity contribution in [3.8, 4) is 5.75 Å². The summed E-state index contributed by atoms with van der Waals surface area (Å²) in [7, 11) is 0. The predicted molar refractivity (Wildman–Crippen MR) is 71.9 cm³/mol. The second-order valence-corrected chi connectivity index (χ2v) is 6.52. The van der Waals surface area contributed by atoms with Crippen molar-refractivity contribution in [3.05, 3.63) is 29.3 Å². The smallest absolute Gasteiger partial charge is 0.223 e. The zero-order valence-corrected chi connectivity index (χ0v) is 11.2. The lowest BCUT2D eigenvalue weighted by Gasteiger charge is -2.08. The summed E-state index contributed by atoms with van der Waals surface area (Å²) in [5, 5.41) is 0. The molecule has 100 valence electrons. The Labute approximate surface area is 113 Å². The molecule has 1 aliphatic heterocycles. The first kappa shape index (κ1) is 11.3. The number of carbonyl (C=O) groups is 1. The van der Waals surface area contributed by atoms with Gasteiger partial charge in [-0.2, -0.15) is 0 Å². The lowest BCUT2D eigenvalue weighted by molar-refractivity contribution is -0.123. The number of nitrogens with two attached hydrogens (primary N) is 1. The quantitative estimate of drug-likeness (QED) is 0.902. The van der Waals surface area contributed by atoms with E-state index in [0.29, 0.717) is 17.8 Å². The average Bonchev–Trinajstić information content (AvgIpc) is 3.24. The van der Waals surface area contributed by atoms with Crippen LogP contribution in [0.1, 0.15) is 36.8 Å². The summed E-state index contributed by atoms with van der Waals surface area (Å²) in [6.45, 7) is 2.83. The van der Waals surface area contributed by atoms with E-state index in [9.17, 15) is 4.79 Å². The Bertz CT molecular complexity index is 568. The molecule has 0 aromatic heterocycles. The Morgan fingerprint density at radius 1 is 1.47 bits per heavy atom. The highest BCUT2D eigenvalue weighted by atomic mass is 16.5. The van der Waals surface area contributed by atoms with E-state index in [1.165, 1.54) is 17.5 Å². The van der Waals surface area contributed by atoms with Crippen molar-refractivity contribution in [2.45, 2.75) is 32.1 Å². The number of primary amides is 1. The van der Waals surface area contributed by atoms with Crippen molar-refractivity contribution in [2.24, 2.45) is 23.0 Å². The molecule has 4 atom stereocenters. The first-order chi connectivity index (χ1) is 9.11. The molecular formula is C16H19NO2. The highest BCUT2D eigenvalue weighted by Crippen LogP contribution is 2.68. The van der Waals surface area contributed by atoms with Crippen molar-refractivity contribution in [3.63, 3.8) is 0 Å². The zero-order chi connectivity index (χ0) is 13.2. The summed E-state index contributed by atoms with van der Waals surface area (Å²) >= 11 is 0. The van der Waals surface area contributed by atoms with Crippen LogP contribution in [0.15, 0.2) is 18.2 Å². The largest absolute Gasteiger partial charge is 0.493 e. The Hall–Kier alpha value is -1.51. The van der Waals surface area contributed by atoms with Crippen LogP contribution in [0.2, 0.25) is 0 Å². The summed E-state index contributed by atoms with van der Waals surface area (Å²) < 4.78 is 5.63. The van der Waals surface area contributed by atoms with Gasteiger partial charge in [0.1, 0.15) is 5.75 Å². The molecule has 3 aliphatic rings. The molecule has 2 saturated carbocycles. The molecule has 19 heavy (non-hydrogen) atoms. The van der Waals surface area contributed by atoms with E-state index < -0.39 is 0 Å². The zero-order valence-electron chi connectivity index (χ0n) is 11.2. The van der Waals surface area contributed by atoms with Crippen LogP contribution in [0.25, 0.3) is 0 Å². The van der Waals surface area contributed by atoms with Crippen molar-refractivity contribution in [1.29, 1.82) is 0 Å². The third kappa shape index (κ3) is 1.54. The highest BCUT2D eigenvalue weighted by molar-refractivity contribution is 5.84. The van der Waals surface area contributed by atoms with Gasteiger partial charge in [0, 0.05) is 17.4 Å². The van der Waals surface area contributed by atoms with Crippen molar-refractivity contribution >= 4 is 5.91 Å². The molecule has 0 spiro atoms. The predicted octanol–water partition coefficient (Wildman–Crippen LogP) is 2.24. The molecule has 1 aromatic carbocycles.